The highest BCUT2D eigenvalue weighted by atomic mass is 35.5. The number of hydrogen-bond donors (Lipinski definition) is 1. The Balaban J connectivity index is 2.15. The Bertz CT molecular complexity index is 1140. The maximum Gasteiger partial charge on any atom is 0.352 e. The number of hydrogen-bond acceptors (Lipinski definition) is 4. The van der Waals surface area contributed by atoms with E-state index in [2.05, 4.69) is 10.4 Å². The monoisotopic (exact) mass is 412 g/mol. The molecule has 7 nitrogen and oxygen atoms in total. The summed E-state index contributed by atoms with van der Waals surface area (Å²) in [4.78, 5) is 38.6. The van der Waals surface area contributed by atoms with Crippen molar-refractivity contribution in [2.45, 2.75) is 20.4 Å². The lowest BCUT2D eigenvalue weighted by atomic mass is 10.2. The molecule has 1 N–H and O–H groups in total. The quantitative estimate of drug-likeness (QED) is 0.674. The first kappa shape index (κ1) is 20.5. The molecule has 150 valence electrons. The Hall–Kier alpha value is -3.19. The van der Waals surface area contributed by atoms with Crippen LogP contribution in [0.15, 0.2) is 64.2 Å². The molecule has 1 aromatic heterocycles. The average Bonchev–Trinajstić information content (AvgIpc) is 2.70. The number of halogens is 1. The predicted octanol–water partition coefficient (Wildman–Crippen LogP) is 2.48. The van der Waals surface area contributed by atoms with E-state index in [1.807, 2.05) is 13.8 Å². The first-order chi connectivity index (χ1) is 13.9. The zero-order valence-corrected chi connectivity index (χ0v) is 16.9. The SMILES string of the molecule is CC(C)CNC(=O)c1nn(-c2ccccc2)c(=O)n(Cc2cccc(Cl)c2)c1=O. The van der Waals surface area contributed by atoms with Crippen molar-refractivity contribution in [3.8, 4) is 5.69 Å². The zero-order valence-electron chi connectivity index (χ0n) is 16.1. The van der Waals surface area contributed by atoms with Gasteiger partial charge < -0.3 is 5.32 Å². The largest absolute Gasteiger partial charge is 0.352 e. The van der Waals surface area contributed by atoms with Crippen molar-refractivity contribution in [3.05, 3.63) is 91.7 Å². The van der Waals surface area contributed by atoms with E-state index < -0.39 is 17.2 Å². The van der Waals surface area contributed by atoms with Gasteiger partial charge in [-0.15, -0.1) is 0 Å². The standard InChI is InChI=1S/C21H21ClN4O3/c1-14(2)12-23-19(27)18-20(28)25(13-15-7-6-8-16(22)11-15)21(29)26(24-18)17-9-4-3-5-10-17/h3-11,14H,12-13H2,1-2H3,(H,23,27). The summed E-state index contributed by atoms with van der Waals surface area (Å²) in [5.74, 6) is -0.416. The summed E-state index contributed by atoms with van der Waals surface area (Å²) in [6, 6.07) is 15.5. The van der Waals surface area contributed by atoms with Crippen LogP contribution >= 0.6 is 11.6 Å². The van der Waals surface area contributed by atoms with E-state index in [0.717, 1.165) is 9.25 Å². The molecule has 1 amide bonds. The molecule has 29 heavy (non-hydrogen) atoms. The average molecular weight is 413 g/mol. The number of carbonyl (C=O) groups excluding carboxylic acids is 1. The van der Waals surface area contributed by atoms with Gasteiger partial charge in [-0.2, -0.15) is 9.78 Å². The van der Waals surface area contributed by atoms with Crippen LogP contribution in [0.1, 0.15) is 29.9 Å². The first-order valence-corrected chi connectivity index (χ1v) is 9.57. The van der Waals surface area contributed by atoms with E-state index in [9.17, 15) is 14.4 Å². The molecule has 0 aliphatic rings. The number of nitrogens with one attached hydrogen (secondary N) is 1. The molecule has 0 bridgehead atoms. The third kappa shape index (κ3) is 4.81. The summed E-state index contributed by atoms with van der Waals surface area (Å²) < 4.78 is 2.06. The molecule has 0 unspecified atom stereocenters. The number of carbonyl (C=O) groups is 1. The summed E-state index contributed by atoms with van der Waals surface area (Å²) in [6.07, 6.45) is 0. The van der Waals surface area contributed by atoms with Gasteiger partial charge in [0.1, 0.15) is 0 Å². The molecular formula is C21H21ClN4O3. The van der Waals surface area contributed by atoms with E-state index >= 15 is 0 Å². The fourth-order valence-electron chi connectivity index (χ4n) is 2.73. The molecule has 2 aromatic carbocycles. The number of aromatic nitrogens is 3. The van der Waals surface area contributed by atoms with Crippen molar-refractivity contribution in [2.75, 3.05) is 6.54 Å². The van der Waals surface area contributed by atoms with Crippen molar-refractivity contribution < 1.29 is 4.79 Å². The molecule has 0 radical (unpaired) electrons. The van der Waals surface area contributed by atoms with Gasteiger partial charge in [0.25, 0.3) is 11.5 Å². The summed E-state index contributed by atoms with van der Waals surface area (Å²) >= 11 is 6.02. The van der Waals surface area contributed by atoms with E-state index in [1.165, 1.54) is 0 Å². The van der Waals surface area contributed by atoms with Crippen LogP contribution in [0, 0.1) is 5.92 Å². The van der Waals surface area contributed by atoms with Crippen molar-refractivity contribution in [1.82, 2.24) is 19.7 Å². The van der Waals surface area contributed by atoms with Crippen molar-refractivity contribution in [1.29, 1.82) is 0 Å². The molecule has 3 aromatic rings. The van der Waals surface area contributed by atoms with E-state index in [0.29, 0.717) is 22.8 Å². The topological polar surface area (TPSA) is 86.0 Å². The molecule has 0 saturated heterocycles. The second-order valence-electron chi connectivity index (χ2n) is 7.00. The van der Waals surface area contributed by atoms with Crippen molar-refractivity contribution in [2.24, 2.45) is 5.92 Å². The van der Waals surface area contributed by atoms with Crippen molar-refractivity contribution in [3.63, 3.8) is 0 Å². The van der Waals surface area contributed by atoms with E-state index in [1.54, 1.807) is 54.6 Å². The molecule has 0 aliphatic heterocycles. The summed E-state index contributed by atoms with van der Waals surface area (Å²) in [7, 11) is 0. The number of benzene rings is 2. The molecule has 1 heterocycles. The minimum Gasteiger partial charge on any atom is -0.350 e. The Morgan fingerprint density at radius 1 is 1.10 bits per heavy atom. The van der Waals surface area contributed by atoms with Crippen LogP contribution in [0.25, 0.3) is 5.69 Å². The maximum absolute atomic E-state index is 13.0. The molecule has 3 rings (SSSR count). The fourth-order valence-corrected chi connectivity index (χ4v) is 2.95. The van der Waals surface area contributed by atoms with Crippen LogP contribution in [0.4, 0.5) is 0 Å². The van der Waals surface area contributed by atoms with Gasteiger partial charge in [-0.1, -0.05) is 55.8 Å². The van der Waals surface area contributed by atoms with Gasteiger partial charge in [-0.25, -0.2) is 4.79 Å². The lowest BCUT2D eigenvalue weighted by Crippen LogP contribution is -2.46. The highest BCUT2D eigenvalue weighted by Gasteiger charge is 2.20. The predicted molar refractivity (Wildman–Crippen MR) is 112 cm³/mol. The Kier molecular flexibility index (Phi) is 6.29. The van der Waals surface area contributed by atoms with Crippen LogP contribution in [-0.4, -0.2) is 26.8 Å². The number of para-hydroxylation sites is 1. The lowest BCUT2D eigenvalue weighted by molar-refractivity contribution is 0.0939. The van der Waals surface area contributed by atoms with Crippen LogP contribution in [0.2, 0.25) is 5.02 Å². The second-order valence-corrected chi connectivity index (χ2v) is 7.44. The smallest absolute Gasteiger partial charge is 0.350 e. The van der Waals surface area contributed by atoms with Gasteiger partial charge in [0.15, 0.2) is 0 Å². The molecule has 0 atom stereocenters. The van der Waals surface area contributed by atoms with E-state index in [4.69, 9.17) is 11.6 Å². The highest BCUT2D eigenvalue weighted by Crippen LogP contribution is 2.11. The zero-order chi connectivity index (χ0) is 21.0. The molecular weight excluding hydrogens is 392 g/mol. The van der Waals surface area contributed by atoms with Crippen LogP contribution < -0.4 is 16.6 Å². The third-order valence-corrected chi connectivity index (χ3v) is 4.41. The Morgan fingerprint density at radius 3 is 2.48 bits per heavy atom. The van der Waals surface area contributed by atoms with Crippen LogP contribution in [0.5, 0.6) is 0 Å². The van der Waals surface area contributed by atoms with Gasteiger partial charge in [0.2, 0.25) is 5.69 Å². The summed E-state index contributed by atoms with van der Waals surface area (Å²) in [5, 5.41) is 7.25. The Morgan fingerprint density at radius 2 is 1.83 bits per heavy atom. The maximum atomic E-state index is 13.0. The highest BCUT2D eigenvalue weighted by molar-refractivity contribution is 6.30. The fraction of sp³-hybridized carbons (Fsp3) is 0.238. The van der Waals surface area contributed by atoms with Gasteiger partial charge in [-0.05, 0) is 35.7 Å². The Labute approximate surface area is 172 Å². The normalized spacial score (nSPS) is 10.9. The lowest BCUT2D eigenvalue weighted by Gasteiger charge is -2.13. The minimum atomic E-state index is -0.747. The number of nitrogens with zero attached hydrogens (tertiary/aromatic N) is 3. The van der Waals surface area contributed by atoms with Gasteiger partial charge in [0, 0.05) is 11.6 Å². The van der Waals surface area contributed by atoms with Crippen LogP contribution in [-0.2, 0) is 6.54 Å². The summed E-state index contributed by atoms with van der Waals surface area (Å²) in [6.45, 7) is 4.24. The summed E-state index contributed by atoms with van der Waals surface area (Å²) in [5.41, 5.74) is -0.604. The minimum absolute atomic E-state index is 0.0297. The second kappa shape index (κ2) is 8.87. The molecule has 0 aliphatic carbocycles. The molecule has 0 spiro atoms. The van der Waals surface area contributed by atoms with Gasteiger partial charge in [-0.3, -0.25) is 14.2 Å². The molecule has 0 fully saturated rings. The molecule has 0 saturated carbocycles. The van der Waals surface area contributed by atoms with E-state index in [-0.39, 0.29) is 18.2 Å². The third-order valence-electron chi connectivity index (χ3n) is 4.18. The van der Waals surface area contributed by atoms with Crippen molar-refractivity contribution >= 4 is 17.5 Å². The van der Waals surface area contributed by atoms with Crippen LogP contribution in [0.3, 0.4) is 0 Å². The first-order valence-electron chi connectivity index (χ1n) is 9.19. The number of amides is 1. The van der Waals surface area contributed by atoms with Gasteiger partial charge >= 0.3 is 5.69 Å². The molecule has 8 heteroatoms. The van der Waals surface area contributed by atoms with Gasteiger partial charge in [0.05, 0.1) is 12.2 Å². The number of rotatable bonds is 6.